The van der Waals surface area contributed by atoms with E-state index in [-0.39, 0.29) is 6.54 Å². The van der Waals surface area contributed by atoms with Gasteiger partial charge in [0.25, 0.3) is 0 Å². The minimum Gasteiger partial charge on any atom is -0.355 e. The third-order valence-electron chi connectivity index (χ3n) is 1.50. The first-order valence-electron chi connectivity index (χ1n) is 3.73. The Balaban J connectivity index is 2.73. The molecule has 6 heteroatoms. The fourth-order valence-corrected chi connectivity index (χ4v) is 0.856. The second-order valence-electron chi connectivity index (χ2n) is 2.55. The van der Waals surface area contributed by atoms with Crippen LogP contribution in [0.3, 0.4) is 0 Å². The van der Waals surface area contributed by atoms with E-state index >= 15 is 0 Å². The van der Waals surface area contributed by atoms with Crippen molar-refractivity contribution in [2.24, 2.45) is 0 Å². The number of hydrogen-bond donors (Lipinski definition) is 1. The lowest BCUT2D eigenvalue weighted by Gasteiger charge is -2.05. The fraction of sp³-hybridized carbons (Fsp3) is 0.250. The highest BCUT2D eigenvalue weighted by Gasteiger charge is 2.31. The molecule has 0 spiro atoms. The maximum atomic E-state index is 12.0. The molecule has 1 heterocycles. The maximum Gasteiger partial charge on any atom is 0.433 e. The Hall–Kier alpha value is -1.59. The predicted octanol–water partition coefficient (Wildman–Crippen LogP) is 1.35. The summed E-state index contributed by atoms with van der Waals surface area (Å²) in [7, 11) is 0. The summed E-state index contributed by atoms with van der Waals surface area (Å²) < 4.78 is 36.1. The summed E-state index contributed by atoms with van der Waals surface area (Å²) >= 11 is 0. The van der Waals surface area contributed by atoms with E-state index < -0.39 is 11.9 Å². The molecule has 0 saturated carbocycles. The van der Waals surface area contributed by atoms with Crippen molar-refractivity contribution >= 4 is 6.41 Å². The molecule has 0 aliphatic rings. The van der Waals surface area contributed by atoms with Crippen LogP contribution in [0.25, 0.3) is 0 Å². The molecule has 0 fully saturated rings. The monoisotopic (exact) mass is 204 g/mol. The van der Waals surface area contributed by atoms with Crippen LogP contribution in [-0.4, -0.2) is 11.4 Å². The highest BCUT2D eigenvalue weighted by atomic mass is 19.4. The number of pyridine rings is 1. The Bertz CT molecular complexity index is 307. The number of hydrogen-bond acceptors (Lipinski definition) is 2. The summed E-state index contributed by atoms with van der Waals surface area (Å²) in [5, 5.41) is 2.32. The van der Waals surface area contributed by atoms with Crippen LogP contribution in [-0.2, 0) is 17.5 Å². The van der Waals surface area contributed by atoms with Gasteiger partial charge in [0.05, 0.1) is 0 Å². The molecule has 0 aromatic carbocycles. The van der Waals surface area contributed by atoms with Crippen molar-refractivity contribution in [2.75, 3.05) is 0 Å². The van der Waals surface area contributed by atoms with Gasteiger partial charge in [-0.3, -0.25) is 9.78 Å². The normalized spacial score (nSPS) is 11.1. The van der Waals surface area contributed by atoms with E-state index in [1.807, 2.05) is 0 Å². The Kier molecular flexibility index (Phi) is 3.06. The molecule has 14 heavy (non-hydrogen) atoms. The lowest BCUT2D eigenvalue weighted by molar-refractivity contribution is -0.141. The van der Waals surface area contributed by atoms with Gasteiger partial charge in [0.1, 0.15) is 5.69 Å². The Morgan fingerprint density at radius 3 is 2.57 bits per heavy atom. The molecular weight excluding hydrogens is 197 g/mol. The van der Waals surface area contributed by atoms with Gasteiger partial charge in [0.15, 0.2) is 0 Å². The molecular formula is C8H7F3N2O. The Morgan fingerprint density at radius 2 is 2.14 bits per heavy atom. The second kappa shape index (κ2) is 4.08. The van der Waals surface area contributed by atoms with Crippen LogP contribution in [0.4, 0.5) is 13.2 Å². The summed E-state index contributed by atoms with van der Waals surface area (Å²) in [4.78, 5) is 13.1. The van der Waals surface area contributed by atoms with E-state index in [0.29, 0.717) is 12.0 Å². The predicted molar refractivity (Wildman–Crippen MR) is 42.1 cm³/mol. The Morgan fingerprint density at radius 1 is 1.43 bits per heavy atom. The molecule has 0 aliphatic carbocycles. The number of nitrogens with one attached hydrogen (secondary N) is 1. The molecule has 1 rings (SSSR count). The molecule has 76 valence electrons. The lowest BCUT2D eigenvalue weighted by Crippen LogP contribution is -2.12. The van der Waals surface area contributed by atoms with Crippen LogP contribution in [0.5, 0.6) is 0 Å². The molecule has 0 bridgehead atoms. The van der Waals surface area contributed by atoms with E-state index in [1.165, 1.54) is 6.07 Å². The van der Waals surface area contributed by atoms with E-state index in [9.17, 15) is 18.0 Å². The van der Waals surface area contributed by atoms with Crippen LogP contribution in [0.1, 0.15) is 11.3 Å². The van der Waals surface area contributed by atoms with E-state index in [2.05, 4.69) is 10.3 Å². The number of nitrogens with zero attached hydrogens (tertiary/aromatic N) is 1. The highest BCUT2D eigenvalue weighted by Crippen LogP contribution is 2.26. The molecule has 1 aromatic heterocycles. The molecule has 0 saturated heterocycles. The number of aromatic nitrogens is 1. The van der Waals surface area contributed by atoms with Crippen LogP contribution in [0.15, 0.2) is 18.3 Å². The topological polar surface area (TPSA) is 42.0 Å². The minimum absolute atomic E-state index is 0.175. The van der Waals surface area contributed by atoms with Crippen LogP contribution in [0, 0.1) is 0 Å². The standard InChI is InChI=1S/C8H7F3N2O/c9-8(10,11)7-2-1-6(4-13-7)3-12-5-14/h1-2,4-5H,3H2,(H,12,14). The Labute approximate surface area is 78.0 Å². The van der Waals surface area contributed by atoms with Gasteiger partial charge < -0.3 is 5.32 Å². The average molecular weight is 204 g/mol. The van der Waals surface area contributed by atoms with Gasteiger partial charge in [-0.25, -0.2) is 0 Å². The first kappa shape index (κ1) is 10.5. The smallest absolute Gasteiger partial charge is 0.355 e. The number of carbonyl (C=O) groups is 1. The highest BCUT2D eigenvalue weighted by molar-refractivity contribution is 5.46. The maximum absolute atomic E-state index is 12.0. The molecule has 1 N–H and O–H groups in total. The van der Waals surface area contributed by atoms with Gasteiger partial charge >= 0.3 is 6.18 Å². The molecule has 0 aliphatic heterocycles. The molecule has 1 amide bonds. The first-order chi connectivity index (χ1) is 6.54. The van der Waals surface area contributed by atoms with Crippen LogP contribution >= 0.6 is 0 Å². The third kappa shape index (κ3) is 2.72. The number of rotatable bonds is 3. The lowest BCUT2D eigenvalue weighted by atomic mass is 10.2. The summed E-state index contributed by atoms with van der Waals surface area (Å²) in [6.07, 6.45) is -2.87. The number of halogens is 3. The van der Waals surface area contributed by atoms with Crippen molar-refractivity contribution in [1.82, 2.24) is 10.3 Å². The number of carbonyl (C=O) groups excluding carboxylic acids is 1. The third-order valence-corrected chi connectivity index (χ3v) is 1.50. The SMILES string of the molecule is O=CNCc1ccc(C(F)(F)F)nc1. The average Bonchev–Trinajstić information content (AvgIpc) is 2.14. The van der Waals surface area contributed by atoms with Gasteiger partial charge in [-0.2, -0.15) is 13.2 Å². The summed E-state index contributed by atoms with van der Waals surface area (Å²) in [6.45, 7) is 0.175. The minimum atomic E-state index is -4.42. The quantitative estimate of drug-likeness (QED) is 0.755. The van der Waals surface area contributed by atoms with Crippen LogP contribution < -0.4 is 5.32 Å². The van der Waals surface area contributed by atoms with Crippen molar-refractivity contribution in [1.29, 1.82) is 0 Å². The van der Waals surface area contributed by atoms with E-state index in [4.69, 9.17) is 0 Å². The summed E-state index contributed by atoms with van der Waals surface area (Å²) in [6, 6.07) is 2.15. The van der Waals surface area contributed by atoms with E-state index in [0.717, 1.165) is 12.3 Å². The zero-order valence-electron chi connectivity index (χ0n) is 7.01. The van der Waals surface area contributed by atoms with Gasteiger partial charge in [0.2, 0.25) is 6.41 Å². The van der Waals surface area contributed by atoms with Gasteiger partial charge in [-0.1, -0.05) is 6.07 Å². The van der Waals surface area contributed by atoms with Crippen molar-refractivity contribution in [2.45, 2.75) is 12.7 Å². The van der Waals surface area contributed by atoms with Crippen molar-refractivity contribution in [3.63, 3.8) is 0 Å². The zero-order valence-corrected chi connectivity index (χ0v) is 7.01. The molecule has 0 unspecified atom stereocenters. The number of alkyl halides is 3. The van der Waals surface area contributed by atoms with Crippen molar-refractivity contribution in [3.05, 3.63) is 29.6 Å². The van der Waals surface area contributed by atoms with Crippen molar-refractivity contribution in [3.8, 4) is 0 Å². The van der Waals surface area contributed by atoms with Gasteiger partial charge in [-0.05, 0) is 11.6 Å². The second-order valence-corrected chi connectivity index (χ2v) is 2.55. The number of amides is 1. The molecule has 1 aromatic rings. The first-order valence-corrected chi connectivity index (χ1v) is 3.73. The van der Waals surface area contributed by atoms with Crippen LogP contribution in [0.2, 0.25) is 0 Å². The molecule has 0 atom stereocenters. The zero-order chi connectivity index (χ0) is 10.6. The van der Waals surface area contributed by atoms with Gasteiger partial charge in [-0.15, -0.1) is 0 Å². The summed E-state index contributed by atoms with van der Waals surface area (Å²) in [5.74, 6) is 0. The largest absolute Gasteiger partial charge is 0.433 e. The van der Waals surface area contributed by atoms with E-state index in [1.54, 1.807) is 0 Å². The van der Waals surface area contributed by atoms with Gasteiger partial charge in [0, 0.05) is 12.7 Å². The fourth-order valence-electron chi connectivity index (χ4n) is 0.856. The van der Waals surface area contributed by atoms with Crippen molar-refractivity contribution < 1.29 is 18.0 Å². The summed E-state index contributed by atoms with van der Waals surface area (Å²) in [5.41, 5.74) is -0.419. The molecule has 0 radical (unpaired) electrons. The molecule has 3 nitrogen and oxygen atoms in total.